The topological polar surface area (TPSA) is 40.5 Å². The van der Waals surface area contributed by atoms with E-state index in [0.29, 0.717) is 25.7 Å². The number of rotatable bonds is 10. The Morgan fingerprint density at radius 1 is 0.525 bits per heavy atom. The van der Waals surface area contributed by atoms with Gasteiger partial charge in [0, 0.05) is 0 Å². The fourth-order valence-electron chi connectivity index (χ4n) is 8.55. The monoisotopic (exact) mass is 940 g/mol. The van der Waals surface area contributed by atoms with E-state index < -0.39 is 19.2 Å². The summed E-state index contributed by atoms with van der Waals surface area (Å²) >= 11 is -0.805. The minimum atomic E-state index is -0.805. The van der Waals surface area contributed by atoms with E-state index in [2.05, 4.69) is 121 Å². The predicted molar refractivity (Wildman–Crippen MR) is 269 cm³/mol. The normalized spacial score (nSPS) is 19.4. The van der Waals surface area contributed by atoms with Gasteiger partial charge in [0.15, 0.2) is 0 Å². The van der Waals surface area contributed by atoms with Gasteiger partial charge in [0.1, 0.15) is 0 Å². The number of aromatic hydroxyl groups is 2. The van der Waals surface area contributed by atoms with Gasteiger partial charge in [-0.05, 0) is 0 Å². The van der Waals surface area contributed by atoms with E-state index in [1.54, 1.807) is 0 Å². The van der Waals surface area contributed by atoms with E-state index in [-0.39, 0.29) is 21.7 Å². The van der Waals surface area contributed by atoms with Gasteiger partial charge in [0.2, 0.25) is 0 Å². The molecular formula is C56H82O2S2Zr-2. The molecule has 1 saturated carbocycles. The first kappa shape index (κ1) is 51.4. The standard InChI is InChI=1S/C42H68O2S2.2C7H7.Zr/c1-13-41(11,14-2)33-25-31(39(5,6)7)23-29(37(33)43)27-45-35-21-19-17-18-20-22-36(35)46-28-30-24-32(40(8,9)10)26-34(38(30)44)42(12,15-3)16-4;2*1-7-5-3-2-4-6-7;/h23-26,35-36,43-44H,13-22,27-28H2,1-12H3;2*2-6H,1H2;/q;2*-1;/t35-,36?;;;/m0.../s1. The molecule has 0 radical (unpaired) electrons. The van der Waals surface area contributed by atoms with E-state index in [1.165, 1.54) is 71.9 Å². The maximum absolute atomic E-state index is 12.0. The average Bonchev–Trinajstić information content (AvgIpc) is 3.51. The summed E-state index contributed by atoms with van der Waals surface area (Å²) in [6.07, 6.45) is 12.4. The SMILES string of the molecule is CCC(C)(CC)c1cc(C(C)(C)C)cc(C[S]2=[Zr]=[S@@](Cc3cc(C(C)(C)C)cc(C(C)(CC)CC)c3O)C3CCCCCC[C@@H]32)c1O.[CH2-]c1ccccc1.[CH2-]c1ccccc1. The van der Waals surface area contributed by atoms with Crippen LogP contribution < -0.4 is 0 Å². The predicted octanol–water partition coefficient (Wildman–Crippen LogP) is 16.8. The quantitative estimate of drug-likeness (QED) is 0.156. The minimum absolute atomic E-state index is 0.00922. The number of hydrogen-bond acceptors (Lipinski definition) is 2. The van der Waals surface area contributed by atoms with Crippen molar-refractivity contribution in [3.8, 4) is 11.5 Å². The van der Waals surface area contributed by atoms with E-state index in [1.807, 2.05) is 60.7 Å². The number of fused-ring (bicyclic) bond motifs is 1. The molecule has 5 heteroatoms. The molecule has 1 fully saturated rings. The van der Waals surface area contributed by atoms with Crippen LogP contribution in [0.5, 0.6) is 11.5 Å². The smallest absolute Gasteiger partial charge is 0.0866 e. The van der Waals surface area contributed by atoms with Crippen molar-refractivity contribution in [3.63, 3.8) is 0 Å². The van der Waals surface area contributed by atoms with Crippen LogP contribution in [0.2, 0.25) is 0 Å². The van der Waals surface area contributed by atoms with Crippen LogP contribution in [0.15, 0.2) is 84.9 Å². The second-order valence-corrected chi connectivity index (χ2v) is 36.0. The van der Waals surface area contributed by atoms with Gasteiger partial charge < -0.3 is 0 Å². The summed E-state index contributed by atoms with van der Waals surface area (Å²) < 4.78 is 0. The molecule has 6 rings (SSSR count). The number of benzene rings is 4. The van der Waals surface area contributed by atoms with Crippen molar-refractivity contribution in [2.24, 2.45) is 0 Å². The van der Waals surface area contributed by atoms with Crippen LogP contribution in [-0.4, -0.2) is 20.7 Å². The first-order valence-corrected chi connectivity index (χ1v) is 32.3. The van der Waals surface area contributed by atoms with Gasteiger partial charge in [-0.15, -0.1) is 24.3 Å². The van der Waals surface area contributed by atoms with Gasteiger partial charge in [0.25, 0.3) is 0 Å². The molecule has 2 unspecified atom stereocenters. The summed E-state index contributed by atoms with van der Waals surface area (Å²) in [7, 11) is 0.769. The van der Waals surface area contributed by atoms with Crippen molar-refractivity contribution in [2.45, 2.75) is 191 Å². The van der Waals surface area contributed by atoms with Crippen LogP contribution in [0, 0.1) is 13.8 Å². The van der Waals surface area contributed by atoms with Gasteiger partial charge in [-0.25, -0.2) is 0 Å². The molecule has 4 atom stereocenters. The molecule has 0 aromatic heterocycles. The van der Waals surface area contributed by atoms with Gasteiger partial charge >= 0.3 is 304 Å². The minimum Gasteiger partial charge on any atom is -0.199 e. The summed E-state index contributed by atoms with van der Waals surface area (Å²) in [5, 5.41) is 25.7. The van der Waals surface area contributed by atoms with Crippen molar-refractivity contribution >= 4 is 14.2 Å². The van der Waals surface area contributed by atoms with Crippen LogP contribution in [0.1, 0.15) is 192 Å². The summed E-state index contributed by atoms with van der Waals surface area (Å²) in [5.74, 6) is 3.35. The van der Waals surface area contributed by atoms with Gasteiger partial charge in [0.05, 0.1) is 0 Å². The Morgan fingerprint density at radius 3 is 1.11 bits per heavy atom. The van der Waals surface area contributed by atoms with Gasteiger partial charge in [-0.1, -0.05) is 12.1 Å². The van der Waals surface area contributed by atoms with Crippen molar-refractivity contribution < 1.29 is 29.4 Å². The Kier molecular flexibility index (Phi) is 19.1. The molecule has 336 valence electrons. The molecule has 4 aromatic rings. The molecule has 4 aromatic carbocycles. The van der Waals surface area contributed by atoms with E-state index >= 15 is 0 Å². The van der Waals surface area contributed by atoms with Gasteiger partial charge in [-0.2, -0.15) is 49.2 Å². The molecule has 0 spiro atoms. The molecular weight excluding hydrogens is 860 g/mol. The summed E-state index contributed by atoms with van der Waals surface area (Å²) in [5.41, 5.74) is 9.79. The Balaban J connectivity index is 0.000000490. The largest absolute Gasteiger partial charge is 0.199 e. The second kappa shape index (κ2) is 22.6. The Morgan fingerprint density at radius 2 is 0.852 bits per heavy atom. The van der Waals surface area contributed by atoms with Gasteiger partial charge in [-0.3, -0.25) is 0 Å². The van der Waals surface area contributed by atoms with Crippen LogP contribution >= 0.6 is 14.2 Å². The summed E-state index contributed by atoms with van der Waals surface area (Å²) in [6.45, 7) is 35.2. The van der Waals surface area contributed by atoms with Crippen molar-refractivity contribution in [1.29, 1.82) is 0 Å². The maximum atomic E-state index is 12.0. The van der Waals surface area contributed by atoms with Crippen LogP contribution in [0.3, 0.4) is 0 Å². The zero-order chi connectivity index (χ0) is 45.2. The van der Waals surface area contributed by atoms with E-state index in [9.17, 15) is 10.2 Å². The van der Waals surface area contributed by atoms with Crippen LogP contribution in [0.4, 0.5) is 0 Å². The zero-order valence-corrected chi connectivity index (χ0v) is 44.4. The molecule has 1 aliphatic heterocycles. The molecule has 1 heterocycles. The molecule has 0 bridgehead atoms. The number of phenols is 2. The number of hydrogen-bond donors (Lipinski definition) is 2. The molecule has 0 amide bonds. The van der Waals surface area contributed by atoms with E-state index in [0.717, 1.165) is 58.8 Å². The van der Waals surface area contributed by atoms with Crippen molar-refractivity contribution in [1.82, 2.24) is 0 Å². The molecule has 1 aliphatic carbocycles. The van der Waals surface area contributed by atoms with Crippen molar-refractivity contribution in [2.75, 3.05) is 0 Å². The summed E-state index contributed by atoms with van der Waals surface area (Å²) in [6, 6.07) is 29.2. The first-order valence-electron chi connectivity index (χ1n) is 23.3. The second-order valence-electron chi connectivity index (χ2n) is 20.4. The molecule has 2 N–H and O–H groups in total. The fourth-order valence-corrected chi connectivity index (χ4v) is 37.4. The molecule has 2 aliphatic rings. The molecule has 2 nitrogen and oxygen atoms in total. The van der Waals surface area contributed by atoms with Crippen LogP contribution in [0.25, 0.3) is 0 Å². The van der Waals surface area contributed by atoms with Crippen molar-refractivity contribution in [3.05, 3.63) is 143 Å². The third-order valence-electron chi connectivity index (χ3n) is 13.9. The maximum Gasteiger partial charge on any atom is -0.0866 e. The molecule has 61 heavy (non-hydrogen) atoms. The Bertz CT molecular complexity index is 1930. The third-order valence-corrected chi connectivity index (χ3v) is 35.7. The Labute approximate surface area is 386 Å². The van der Waals surface area contributed by atoms with E-state index in [4.69, 9.17) is 0 Å². The van der Waals surface area contributed by atoms with Crippen LogP contribution in [-0.2, 0) is 52.3 Å². The third kappa shape index (κ3) is 13.7. The average molecular weight is 943 g/mol. The fraction of sp³-hybridized carbons (Fsp3) is 0.536. The summed E-state index contributed by atoms with van der Waals surface area (Å²) in [4.78, 5) is 0. The number of phenolic OH excluding ortho intramolecular Hbond substituents is 2. The zero-order valence-electron chi connectivity index (χ0n) is 40.3. The Hall–Kier alpha value is -2.20. The first-order chi connectivity index (χ1) is 28.7. The molecule has 0 saturated heterocycles.